The summed E-state index contributed by atoms with van der Waals surface area (Å²) in [5, 5.41) is 15.4. The van der Waals surface area contributed by atoms with Crippen LogP contribution in [0.4, 0.5) is 0 Å². The molecule has 0 bridgehead atoms. The van der Waals surface area contributed by atoms with Crippen LogP contribution in [0.2, 0.25) is 0 Å². The number of amides is 1. The van der Waals surface area contributed by atoms with Crippen LogP contribution in [0.5, 0.6) is 0 Å². The number of rotatable bonds is 7. The highest BCUT2D eigenvalue weighted by Gasteiger charge is 2.13. The Kier molecular flexibility index (Phi) is 9.52. The molecule has 7 nitrogen and oxygen atoms in total. The van der Waals surface area contributed by atoms with Crippen molar-refractivity contribution >= 4 is 11.8 Å². The van der Waals surface area contributed by atoms with Crippen molar-refractivity contribution in [2.24, 2.45) is 4.99 Å². The Labute approximate surface area is 178 Å². The fourth-order valence-corrected chi connectivity index (χ4v) is 2.87. The summed E-state index contributed by atoms with van der Waals surface area (Å²) in [6.07, 6.45) is 10.5. The molecule has 2 heterocycles. The topological polar surface area (TPSA) is 89.8 Å². The summed E-state index contributed by atoms with van der Waals surface area (Å²) in [5.74, 6) is 0.797. The molecule has 2 aliphatic heterocycles. The van der Waals surface area contributed by atoms with Crippen LogP contribution in [0.25, 0.3) is 0 Å². The van der Waals surface area contributed by atoms with Gasteiger partial charge in [0, 0.05) is 38.3 Å². The Morgan fingerprint density at radius 1 is 1.47 bits per heavy atom. The first-order valence-electron chi connectivity index (χ1n) is 9.93. The monoisotopic (exact) mass is 407 g/mol. The smallest absolute Gasteiger partial charge is 0.234 e. The number of nitriles is 1. The maximum Gasteiger partial charge on any atom is 0.234 e. The van der Waals surface area contributed by atoms with E-state index in [9.17, 15) is 10.1 Å². The van der Waals surface area contributed by atoms with Crippen LogP contribution in [-0.4, -0.2) is 62.5 Å². The summed E-state index contributed by atoms with van der Waals surface area (Å²) in [6.45, 7) is 14.2. The van der Waals surface area contributed by atoms with Gasteiger partial charge >= 0.3 is 0 Å². The molecule has 2 rings (SSSR count). The number of aliphatic imine (C=N–C) groups is 1. The van der Waals surface area contributed by atoms with E-state index in [4.69, 9.17) is 4.74 Å². The van der Waals surface area contributed by atoms with Crippen molar-refractivity contribution in [3.8, 4) is 6.07 Å². The van der Waals surface area contributed by atoms with Crippen LogP contribution in [0.15, 0.2) is 77.1 Å². The molecule has 2 N–H and O–H groups in total. The van der Waals surface area contributed by atoms with Gasteiger partial charge in [-0.2, -0.15) is 5.26 Å². The number of piperazine rings is 1. The Morgan fingerprint density at radius 2 is 2.23 bits per heavy atom. The van der Waals surface area contributed by atoms with Gasteiger partial charge in [0.1, 0.15) is 5.76 Å². The molecule has 7 heteroatoms. The molecule has 2 aliphatic rings. The van der Waals surface area contributed by atoms with E-state index in [-0.39, 0.29) is 5.91 Å². The molecule has 0 aromatic heterocycles. The SMILES string of the molecule is C=C/C=C(\C=C/CNC(=O)CN1CCNCC1)C1=NC/C=C(C#N)\C=C(\C)C(=C)O1. The summed E-state index contributed by atoms with van der Waals surface area (Å²) in [5.41, 5.74) is 1.96. The van der Waals surface area contributed by atoms with Crippen LogP contribution in [0.3, 0.4) is 0 Å². The molecule has 0 radical (unpaired) electrons. The average molecular weight is 408 g/mol. The first-order valence-corrected chi connectivity index (χ1v) is 9.93. The van der Waals surface area contributed by atoms with Gasteiger partial charge in [-0.15, -0.1) is 0 Å². The van der Waals surface area contributed by atoms with Crippen molar-refractivity contribution in [2.45, 2.75) is 6.92 Å². The first kappa shape index (κ1) is 23.1. The van der Waals surface area contributed by atoms with Crippen molar-refractivity contribution in [1.82, 2.24) is 15.5 Å². The number of carbonyl (C=O) groups is 1. The van der Waals surface area contributed by atoms with Crippen LogP contribution >= 0.6 is 0 Å². The van der Waals surface area contributed by atoms with Gasteiger partial charge in [0.2, 0.25) is 11.8 Å². The van der Waals surface area contributed by atoms with Crippen LogP contribution in [-0.2, 0) is 9.53 Å². The molecule has 30 heavy (non-hydrogen) atoms. The highest BCUT2D eigenvalue weighted by atomic mass is 16.5. The van der Waals surface area contributed by atoms with Gasteiger partial charge in [-0.25, -0.2) is 4.99 Å². The van der Waals surface area contributed by atoms with E-state index in [0.717, 1.165) is 31.8 Å². The summed E-state index contributed by atoms with van der Waals surface area (Å²) in [7, 11) is 0. The third-order valence-corrected chi connectivity index (χ3v) is 4.54. The molecule has 1 saturated heterocycles. The number of hydrogen-bond donors (Lipinski definition) is 2. The zero-order chi connectivity index (χ0) is 21.8. The molecule has 0 unspecified atom stereocenters. The Hall–Kier alpha value is -3.21. The lowest BCUT2D eigenvalue weighted by molar-refractivity contribution is -0.122. The minimum absolute atomic E-state index is 0.00450. The highest BCUT2D eigenvalue weighted by molar-refractivity contribution is 5.97. The summed E-state index contributed by atoms with van der Waals surface area (Å²) in [6, 6.07) is 2.13. The third kappa shape index (κ3) is 7.66. The number of ether oxygens (including phenoxy) is 1. The van der Waals surface area contributed by atoms with E-state index >= 15 is 0 Å². The molecular weight excluding hydrogens is 378 g/mol. The van der Waals surface area contributed by atoms with Crippen molar-refractivity contribution < 1.29 is 9.53 Å². The van der Waals surface area contributed by atoms with Gasteiger partial charge in [-0.05, 0) is 24.6 Å². The molecule has 0 aliphatic carbocycles. The Bertz CT molecular complexity index is 849. The van der Waals surface area contributed by atoms with Crippen LogP contribution in [0.1, 0.15) is 6.92 Å². The minimum Gasteiger partial charge on any atom is -0.439 e. The molecule has 0 aromatic carbocycles. The number of allylic oxidation sites excluding steroid dienone is 5. The fourth-order valence-electron chi connectivity index (χ4n) is 2.87. The molecule has 0 aromatic rings. The van der Waals surface area contributed by atoms with Crippen molar-refractivity contribution in [3.63, 3.8) is 0 Å². The fraction of sp³-hybridized carbons (Fsp3) is 0.348. The molecular formula is C23H29N5O2. The second kappa shape index (κ2) is 12.4. The minimum atomic E-state index is -0.00450. The second-order valence-electron chi connectivity index (χ2n) is 6.86. The lowest BCUT2D eigenvalue weighted by Gasteiger charge is -2.26. The lowest BCUT2D eigenvalue weighted by atomic mass is 10.1. The van der Waals surface area contributed by atoms with Crippen LogP contribution in [0, 0.1) is 11.3 Å². The molecule has 0 atom stereocenters. The van der Waals surface area contributed by atoms with E-state index in [0.29, 0.717) is 42.4 Å². The average Bonchev–Trinajstić information content (AvgIpc) is 2.81. The van der Waals surface area contributed by atoms with E-state index < -0.39 is 0 Å². The number of carbonyl (C=O) groups excluding carboxylic acids is 1. The van der Waals surface area contributed by atoms with E-state index in [2.05, 4.69) is 39.8 Å². The molecule has 0 spiro atoms. The van der Waals surface area contributed by atoms with Crippen LogP contribution < -0.4 is 10.6 Å². The number of nitrogens with zero attached hydrogens (tertiary/aromatic N) is 3. The maximum atomic E-state index is 12.1. The van der Waals surface area contributed by atoms with E-state index in [1.54, 1.807) is 24.3 Å². The lowest BCUT2D eigenvalue weighted by Crippen LogP contribution is -2.47. The quantitative estimate of drug-likeness (QED) is 0.630. The largest absolute Gasteiger partial charge is 0.439 e. The second-order valence-corrected chi connectivity index (χ2v) is 6.86. The van der Waals surface area contributed by atoms with Crippen molar-refractivity contribution in [2.75, 3.05) is 45.8 Å². The van der Waals surface area contributed by atoms with E-state index in [1.807, 2.05) is 19.1 Å². The molecule has 158 valence electrons. The number of hydrogen-bond acceptors (Lipinski definition) is 6. The molecule has 1 amide bonds. The Balaban J connectivity index is 1.99. The van der Waals surface area contributed by atoms with Gasteiger partial charge in [-0.1, -0.05) is 37.5 Å². The summed E-state index contributed by atoms with van der Waals surface area (Å²) < 4.78 is 5.85. The van der Waals surface area contributed by atoms with Gasteiger partial charge in [-0.3, -0.25) is 9.69 Å². The highest BCUT2D eigenvalue weighted by Crippen LogP contribution is 2.17. The van der Waals surface area contributed by atoms with Crippen molar-refractivity contribution in [3.05, 3.63) is 72.1 Å². The normalized spacial score (nSPS) is 22.2. The van der Waals surface area contributed by atoms with Crippen molar-refractivity contribution in [1.29, 1.82) is 5.26 Å². The standard InChI is InChI=1S/C23H29N5O2/c1-4-6-21(7-5-9-26-22(29)17-28-13-11-25-12-14-28)23-27-10-8-20(16-24)15-18(2)19(3)30-23/h4-8,15,25H,1,3,9-14,17H2,2H3,(H,26,29)/b7-5-,18-15-,20-8+,21-6+,27-23?. The maximum absolute atomic E-state index is 12.1. The predicted octanol–water partition coefficient (Wildman–Crippen LogP) is 2.02. The van der Waals surface area contributed by atoms with Gasteiger partial charge in [0.15, 0.2) is 0 Å². The number of nitrogens with one attached hydrogen (secondary N) is 2. The third-order valence-electron chi connectivity index (χ3n) is 4.54. The molecule has 0 saturated carbocycles. The molecule has 1 fully saturated rings. The zero-order valence-corrected chi connectivity index (χ0v) is 17.5. The first-order chi connectivity index (χ1) is 14.5. The summed E-state index contributed by atoms with van der Waals surface area (Å²) >= 11 is 0. The Morgan fingerprint density at radius 3 is 2.93 bits per heavy atom. The van der Waals surface area contributed by atoms with Gasteiger partial charge < -0.3 is 15.4 Å². The van der Waals surface area contributed by atoms with E-state index in [1.165, 1.54) is 0 Å². The zero-order valence-electron chi connectivity index (χ0n) is 17.5. The summed E-state index contributed by atoms with van der Waals surface area (Å²) in [4.78, 5) is 18.7. The van der Waals surface area contributed by atoms with Gasteiger partial charge in [0.05, 0.1) is 24.7 Å². The predicted molar refractivity (Wildman–Crippen MR) is 120 cm³/mol. The van der Waals surface area contributed by atoms with Gasteiger partial charge in [0.25, 0.3) is 0 Å².